The fourth-order valence-electron chi connectivity index (χ4n) is 4.72. The summed E-state index contributed by atoms with van der Waals surface area (Å²) < 4.78 is 0. The highest BCUT2D eigenvalue weighted by Crippen LogP contribution is 2.29. The summed E-state index contributed by atoms with van der Waals surface area (Å²) in [5.41, 5.74) is 5.58. The van der Waals surface area contributed by atoms with Gasteiger partial charge in [-0.05, 0) is 36.6 Å². The quantitative estimate of drug-likeness (QED) is 0.548. The van der Waals surface area contributed by atoms with Crippen LogP contribution in [0.2, 0.25) is 0 Å². The summed E-state index contributed by atoms with van der Waals surface area (Å²) in [6.07, 6.45) is 2.85. The predicted octanol–water partition coefficient (Wildman–Crippen LogP) is 1.80. The number of hydrogen-bond donors (Lipinski definition) is 3. The number of carbonyl (C=O) groups excluding carboxylic acids is 1. The van der Waals surface area contributed by atoms with E-state index in [4.69, 9.17) is 4.98 Å². The Balaban J connectivity index is 1.46. The molecule has 5 heteroatoms. The molecule has 2 aromatic carbocycles. The Kier molecular flexibility index (Phi) is 6.95. The van der Waals surface area contributed by atoms with Crippen molar-refractivity contribution >= 4 is 28.2 Å². The number of carbonyl (C=O) groups is 1. The predicted molar refractivity (Wildman–Crippen MR) is 126 cm³/mol. The van der Waals surface area contributed by atoms with Gasteiger partial charge >= 0.3 is 0 Å². The van der Waals surface area contributed by atoms with Crippen LogP contribution >= 0.6 is 0 Å². The molecule has 0 aliphatic carbocycles. The molecule has 3 aromatic rings. The third kappa shape index (κ3) is 4.94. The molecular formula is C26H34N4O+2. The maximum Gasteiger partial charge on any atom is 0.279 e. The topological polar surface area (TPSA) is 50.9 Å². The van der Waals surface area contributed by atoms with Crippen LogP contribution in [0.15, 0.2) is 54.6 Å². The molecular weight excluding hydrogens is 384 g/mol. The summed E-state index contributed by atoms with van der Waals surface area (Å²) in [4.78, 5) is 20.8. The van der Waals surface area contributed by atoms with Gasteiger partial charge in [0.2, 0.25) is 0 Å². The average Bonchev–Trinajstić information content (AvgIpc) is 2.80. The number of aryl methyl sites for hydroxylation is 1. The molecule has 5 nitrogen and oxygen atoms in total. The molecule has 1 amide bonds. The first-order valence-corrected chi connectivity index (χ1v) is 11.6. The van der Waals surface area contributed by atoms with E-state index in [1.165, 1.54) is 21.1 Å². The van der Waals surface area contributed by atoms with Gasteiger partial charge in [0.1, 0.15) is 31.9 Å². The van der Waals surface area contributed by atoms with Crippen molar-refractivity contribution in [1.82, 2.24) is 4.98 Å². The number of anilines is 1. The number of quaternary nitrogens is 2. The molecule has 0 spiro atoms. The first-order chi connectivity index (χ1) is 15.2. The highest BCUT2D eigenvalue weighted by molar-refractivity contribution is 6.02. The molecule has 4 rings (SSSR count). The number of rotatable bonds is 7. The Morgan fingerprint density at radius 3 is 2.39 bits per heavy atom. The van der Waals surface area contributed by atoms with Crippen molar-refractivity contribution in [3.8, 4) is 0 Å². The zero-order chi connectivity index (χ0) is 21.6. The van der Waals surface area contributed by atoms with Crippen LogP contribution in [0, 0.1) is 0 Å². The van der Waals surface area contributed by atoms with E-state index in [0.29, 0.717) is 6.54 Å². The molecule has 162 valence electrons. The number of nitrogens with one attached hydrogen (secondary N) is 3. The second-order valence-electron chi connectivity index (χ2n) is 8.48. The summed E-state index contributed by atoms with van der Waals surface area (Å²) in [6, 6.07) is 18.8. The van der Waals surface area contributed by atoms with Gasteiger partial charge in [-0.3, -0.25) is 14.7 Å². The van der Waals surface area contributed by atoms with Crippen molar-refractivity contribution in [1.29, 1.82) is 0 Å². The molecule has 1 aromatic heterocycles. The molecule has 0 atom stereocenters. The Hall–Kier alpha value is -2.76. The van der Waals surface area contributed by atoms with Gasteiger partial charge in [0.05, 0.1) is 11.2 Å². The van der Waals surface area contributed by atoms with Crippen molar-refractivity contribution in [2.45, 2.75) is 33.1 Å². The van der Waals surface area contributed by atoms with E-state index in [1.807, 2.05) is 18.2 Å². The van der Waals surface area contributed by atoms with E-state index >= 15 is 0 Å². The first-order valence-electron chi connectivity index (χ1n) is 11.6. The second-order valence-corrected chi connectivity index (χ2v) is 8.48. The molecule has 0 bridgehead atoms. The summed E-state index contributed by atoms with van der Waals surface area (Å²) in [5.74, 6) is 0.103. The summed E-state index contributed by atoms with van der Waals surface area (Å²) in [7, 11) is 0. The van der Waals surface area contributed by atoms with Crippen LogP contribution in [-0.4, -0.2) is 43.6 Å². The van der Waals surface area contributed by atoms with Gasteiger partial charge in [0.25, 0.3) is 5.91 Å². The van der Waals surface area contributed by atoms with Crippen LogP contribution in [0.3, 0.4) is 0 Å². The number of para-hydroxylation sites is 2. The third-order valence-electron chi connectivity index (χ3n) is 6.34. The van der Waals surface area contributed by atoms with Gasteiger partial charge in [-0.15, -0.1) is 0 Å². The van der Waals surface area contributed by atoms with E-state index < -0.39 is 0 Å². The number of nitrogens with zero attached hydrogens (tertiary/aromatic N) is 1. The smallest absolute Gasteiger partial charge is 0.279 e. The molecule has 2 heterocycles. The molecule has 1 aliphatic heterocycles. The Morgan fingerprint density at radius 2 is 1.68 bits per heavy atom. The Morgan fingerprint density at radius 1 is 0.968 bits per heavy atom. The fraction of sp³-hybridized carbons (Fsp3) is 0.385. The minimum Gasteiger partial charge on any atom is -0.320 e. The average molecular weight is 419 g/mol. The zero-order valence-electron chi connectivity index (χ0n) is 18.7. The lowest BCUT2D eigenvalue weighted by atomic mass is 10.0. The first kappa shape index (κ1) is 21.5. The molecule has 1 saturated heterocycles. The zero-order valence-corrected chi connectivity index (χ0v) is 18.7. The van der Waals surface area contributed by atoms with Crippen LogP contribution in [0.5, 0.6) is 0 Å². The highest BCUT2D eigenvalue weighted by Gasteiger charge is 2.26. The number of amides is 1. The number of piperazine rings is 1. The van der Waals surface area contributed by atoms with Gasteiger partial charge in [-0.25, -0.2) is 0 Å². The van der Waals surface area contributed by atoms with Gasteiger partial charge in [-0.1, -0.05) is 56.7 Å². The maximum atomic E-state index is 13.1. The van der Waals surface area contributed by atoms with E-state index in [2.05, 4.69) is 55.6 Å². The summed E-state index contributed by atoms with van der Waals surface area (Å²) in [6.45, 7) is 8.99. The molecule has 3 N–H and O–H groups in total. The van der Waals surface area contributed by atoms with Crippen molar-refractivity contribution in [2.75, 3.05) is 38.0 Å². The van der Waals surface area contributed by atoms with Gasteiger partial charge < -0.3 is 10.2 Å². The van der Waals surface area contributed by atoms with Crippen molar-refractivity contribution in [3.63, 3.8) is 0 Å². The lowest BCUT2D eigenvalue weighted by Gasteiger charge is -2.29. The van der Waals surface area contributed by atoms with Crippen LogP contribution in [0.25, 0.3) is 10.9 Å². The monoisotopic (exact) mass is 418 g/mol. The van der Waals surface area contributed by atoms with Crippen molar-refractivity contribution in [2.24, 2.45) is 0 Å². The minimum absolute atomic E-state index is 0.103. The normalized spacial score (nSPS) is 18.8. The minimum atomic E-state index is 0.103. The van der Waals surface area contributed by atoms with Gasteiger partial charge in [-0.2, -0.15) is 0 Å². The molecule has 1 aliphatic rings. The third-order valence-corrected chi connectivity index (χ3v) is 6.34. The number of aromatic nitrogens is 1. The molecule has 0 unspecified atom stereocenters. The van der Waals surface area contributed by atoms with Gasteiger partial charge in [0, 0.05) is 11.1 Å². The fourth-order valence-corrected chi connectivity index (χ4v) is 4.72. The van der Waals surface area contributed by atoms with E-state index in [9.17, 15) is 4.79 Å². The van der Waals surface area contributed by atoms with E-state index in [1.54, 1.807) is 0 Å². The standard InChI is InChI=1S/C26H32N4O/c1-3-10-23-21(4-2)26(22-13-8-9-14-24(22)27-23)28-25(31)19-29-15-17-30(18-16-29)20-11-6-5-7-12-20/h5-9,11-14H,3-4,10,15-19H2,1-2H3,(H,27,28,31)/p+2. The second kappa shape index (κ2) is 10.0. The number of benzene rings is 2. The van der Waals surface area contributed by atoms with Crippen LogP contribution < -0.4 is 15.1 Å². The number of hydrogen-bond acceptors (Lipinski definition) is 2. The maximum absolute atomic E-state index is 13.1. The molecule has 31 heavy (non-hydrogen) atoms. The SMILES string of the molecule is CCCc1nc2ccccc2c(NC(=O)C[NH+]2CC[NH+](c3ccccc3)CC2)c1CC. The van der Waals surface area contributed by atoms with Crippen molar-refractivity contribution in [3.05, 3.63) is 65.9 Å². The van der Waals surface area contributed by atoms with E-state index in [0.717, 1.165) is 67.7 Å². The van der Waals surface area contributed by atoms with E-state index in [-0.39, 0.29) is 5.91 Å². The summed E-state index contributed by atoms with van der Waals surface area (Å²) in [5, 5.41) is 4.33. The molecule has 1 fully saturated rings. The van der Waals surface area contributed by atoms with Crippen LogP contribution in [0.1, 0.15) is 31.5 Å². The molecule has 0 radical (unpaired) electrons. The number of pyridine rings is 1. The van der Waals surface area contributed by atoms with Crippen LogP contribution in [0.4, 0.5) is 11.4 Å². The largest absolute Gasteiger partial charge is 0.320 e. The Bertz CT molecular complexity index is 1030. The Labute approximate surface area is 185 Å². The van der Waals surface area contributed by atoms with Crippen molar-refractivity contribution < 1.29 is 14.6 Å². The molecule has 0 saturated carbocycles. The summed E-state index contributed by atoms with van der Waals surface area (Å²) >= 11 is 0. The van der Waals surface area contributed by atoms with Gasteiger partial charge in [0.15, 0.2) is 6.54 Å². The lowest BCUT2D eigenvalue weighted by Crippen LogP contribution is -3.26. The number of fused-ring (bicyclic) bond motifs is 1. The lowest BCUT2D eigenvalue weighted by molar-refractivity contribution is -0.981. The highest BCUT2D eigenvalue weighted by atomic mass is 16.2. The van der Waals surface area contributed by atoms with Crippen LogP contribution in [-0.2, 0) is 17.6 Å².